The van der Waals surface area contributed by atoms with Gasteiger partial charge in [-0.3, -0.25) is 4.79 Å². The predicted molar refractivity (Wildman–Crippen MR) is 89.3 cm³/mol. The summed E-state index contributed by atoms with van der Waals surface area (Å²) in [6, 6.07) is 2.42. The summed E-state index contributed by atoms with van der Waals surface area (Å²) in [5.74, 6) is 2.09. The van der Waals surface area contributed by atoms with E-state index in [1.165, 1.54) is 29.0 Å². The van der Waals surface area contributed by atoms with Crippen molar-refractivity contribution in [3.63, 3.8) is 0 Å². The van der Waals surface area contributed by atoms with Crippen molar-refractivity contribution in [2.24, 2.45) is 0 Å². The zero-order valence-electron chi connectivity index (χ0n) is 11.6. The summed E-state index contributed by atoms with van der Waals surface area (Å²) in [6.45, 7) is 0. The predicted octanol–water partition coefficient (Wildman–Crippen LogP) is 2.60. The van der Waals surface area contributed by atoms with E-state index in [0.717, 1.165) is 41.0 Å². The minimum absolute atomic E-state index is 0.0387. The molecular formula is C15H17N3OS2. The fourth-order valence-corrected chi connectivity index (χ4v) is 5.22. The number of rotatable bonds is 2. The van der Waals surface area contributed by atoms with Gasteiger partial charge in [-0.15, -0.1) is 11.3 Å². The number of hydrogen-bond acceptors (Lipinski definition) is 5. The maximum atomic E-state index is 12.4. The maximum Gasteiger partial charge on any atom is 0.263 e. The lowest BCUT2D eigenvalue weighted by atomic mass is 10.1. The summed E-state index contributed by atoms with van der Waals surface area (Å²) in [4.78, 5) is 18.7. The number of nitrogen functional groups attached to an aromatic ring is 1. The molecule has 0 radical (unpaired) electrons. The topological polar surface area (TPSA) is 68.0 Å². The molecule has 6 heteroatoms. The fourth-order valence-electron chi connectivity index (χ4n) is 3.07. The zero-order valence-corrected chi connectivity index (χ0v) is 13.3. The van der Waals surface area contributed by atoms with Gasteiger partial charge in [0.25, 0.3) is 5.91 Å². The van der Waals surface area contributed by atoms with E-state index in [1.54, 1.807) is 0 Å². The molecule has 3 heterocycles. The van der Waals surface area contributed by atoms with Crippen LogP contribution in [-0.4, -0.2) is 28.4 Å². The normalized spacial score (nSPS) is 20.9. The Labute approximate surface area is 131 Å². The molecule has 2 aliphatic rings. The van der Waals surface area contributed by atoms with Gasteiger partial charge >= 0.3 is 0 Å². The van der Waals surface area contributed by atoms with E-state index < -0.39 is 0 Å². The van der Waals surface area contributed by atoms with Crippen molar-refractivity contribution in [2.75, 3.05) is 17.2 Å². The number of thioether (sulfide) groups is 1. The van der Waals surface area contributed by atoms with Gasteiger partial charge in [0.15, 0.2) is 0 Å². The number of carbonyl (C=O) groups is 1. The number of aryl methyl sites for hydroxylation is 2. The second-order valence-electron chi connectivity index (χ2n) is 5.68. The molecule has 1 aliphatic carbocycles. The van der Waals surface area contributed by atoms with E-state index in [2.05, 4.69) is 11.4 Å². The lowest BCUT2D eigenvalue weighted by Gasteiger charge is -2.10. The van der Waals surface area contributed by atoms with Gasteiger partial charge < -0.3 is 11.1 Å². The Morgan fingerprint density at radius 3 is 3.14 bits per heavy atom. The van der Waals surface area contributed by atoms with E-state index in [1.807, 2.05) is 11.8 Å². The highest BCUT2D eigenvalue weighted by Gasteiger charge is 2.24. The summed E-state index contributed by atoms with van der Waals surface area (Å²) in [5.41, 5.74) is 9.29. The fraction of sp³-hybridized carbons (Fsp3) is 0.467. The third-order valence-electron chi connectivity index (χ3n) is 4.22. The van der Waals surface area contributed by atoms with Crippen LogP contribution in [0, 0.1) is 0 Å². The molecule has 0 spiro atoms. The zero-order chi connectivity index (χ0) is 14.4. The summed E-state index contributed by atoms with van der Waals surface area (Å²) in [6.07, 6.45) is 4.35. The highest BCUT2D eigenvalue weighted by atomic mass is 32.2. The summed E-state index contributed by atoms with van der Waals surface area (Å²) < 4.78 is 0. The summed E-state index contributed by atoms with van der Waals surface area (Å²) >= 11 is 3.31. The van der Waals surface area contributed by atoms with Gasteiger partial charge in [-0.2, -0.15) is 11.8 Å². The monoisotopic (exact) mass is 319 g/mol. The molecule has 2 aromatic heterocycles. The lowest BCUT2D eigenvalue weighted by Crippen LogP contribution is -2.34. The van der Waals surface area contributed by atoms with Gasteiger partial charge in [-0.1, -0.05) is 0 Å². The third-order valence-corrected chi connectivity index (χ3v) is 6.50. The van der Waals surface area contributed by atoms with E-state index in [0.29, 0.717) is 10.6 Å². The first-order valence-corrected chi connectivity index (χ1v) is 9.29. The molecule has 0 aromatic carbocycles. The van der Waals surface area contributed by atoms with Gasteiger partial charge in [0.1, 0.15) is 9.71 Å². The largest absolute Gasteiger partial charge is 0.397 e. The molecular weight excluding hydrogens is 302 g/mol. The Balaban J connectivity index is 1.68. The van der Waals surface area contributed by atoms with Crippen LogP contribution in [0.25, 0.3) is 10.2 Å². The summed E-state index contributed by atoms with van der Waals surface area (Å²) in [7, 11) is 0. The average Bonchev–Trinajstić information content (AvgIpc) is 3.17. The van der Waals surface area contributed by atoms with Crippen molar-refractivity contribution in [1.29, 1.82) is 0 Å². The van der Waals surface area contributed by atoms with Crippen LogP contribution in [0.2, 0.25) is 0 Å². The molecule has 1 unspecified atom stereocenters. The van der Waals surface area contributed by atoms with Crippen molar-refractivity contribution in [3.8, 4) is 0 Å². The lowest BCUT2D eigenvalue weighted by molar-refractivity contribution is 0.0946. The molecule has 21 heavy (non-hydrogen) atoms. The molecule has 2 aromatic rings. The highest BCUT2D eigenvalue weighted by molar-refractivity contribution is 7.99. The number of thiophene rings is 1. The van der Waals surface area contributed by atoms with Gasteiger partial charge in [0, 0.05) is 22.9 Å². The minimum Gasteiger partial charge on any atom is -0.397 e. The molecule has 110 valence electrons. The molecule has 4 nitrogen and oxygen atoms in total. The van der Waals surface area contributed by atoms with Crippen LogP contribution in [0.1, 0.15) is 33.8 Å². The Morgan fingerprint density at radius 1 is 1.43 bits per heavy atom. The molecule has 3 N–H and O–H groups in total. The number of nitrogens with two attached hydrogens (primary N) is 1. The maximum absolute atomic E-state index is 12.4. The number of aromatic nitrogens is 1. The molecule has 0 saturated carbocycles. The van der Waals surface area contributed by atoms with Gasteiger partial charge in [0.2, 0.25) is 0 Å². The van der Waals surface area contributed by atoms with Crippen LogP contribution in [0.5, 0.6) is 0 Å². The standard InChI is InChI=1S/C15H17N3OS2/c16-12-10-6-8-2-1-3-11(8)18-15(10)21-13(12)14(19)17-9-4-5-20-7-9/h6,9H,1-5,7,16H2,(H,17,19). The highest BCUT2D eigenvalue weighted by Crippen LogP contribution is 2.35. The van der Waals surface area contributed by atoms with Crippen molar-refractivity contribution >= 4 is 44.9 Å². The Morgan fingerprint density at radius 2 is 2.33 bits per heavy atom. The Kier molecular flexibility index (Phi) is 3.30. The van der Waals surface area contributed by atoms with Gasteiger partial charge in [-0.05, 0) is 43.1 Å². The number of carbonyl (C=O) groups excluding carboxylic acids is 1. The first-order valence-electron chi connectivity index (χ1n) is 7.32. The number of nitrogens with zero attached hydrogens (tertiary/aromatic N) is 1. The molecule has 1 aliphatic heterocycles. The van der Waals surface area contributed by atoms with Crippen LogP contribution >= 0.6 is 23.1 Å². The molecule has 1 amide bonds. The van der Waals surface area contributed by atoms with E-state index >= 15 is 0 Å². The second-order valence-corrected chi connectivity index (χ2v) is 7.83. The van der Waals surface area contributed by atoms with Gasteiger partial charge in [-0.25, -0.2) is 4.98 Å². The van der Waals surface area contributed by atoms with Crippen LogP contribution in [0.15, 0.2) is 6.07 Å². The molecule has 1 saturated heterocycles. The molecule has 1 atom stereocenters. The average molecular weight is 319 g/mol. The van der Waals surface area contributed by atoms with Crippen molar-refractivity contribution < 1.29 is 4.79 Å². The minimum atomic E-state index is -0.0387. The number of pyridine rings is 1. The third kappa shape index (κ3) is 2.30. The van der Waals surface area contributed by atoms with Crippen LogP contribution in [0.3, 0.4) is 0 Å². The number of anilines is 1. The van der Waals surface area contributed by atoms with Crippen LogP contribution < -0.4 is 11.1 Å². The smallest absolute Gasteiger partial charge is 0.263 e. The SMILES string of the molecule is Nc1c(C(=O)NC2CCSC2)sc2nc3c(cc12)CCC3. The second kappa shape index (κ2) is 5.18. The molecule has 1 fully saturated rings. The summed E-state index contributed by atoms with van der Waals surface area (Å²) in [5, 5.41) is 4.05. The Hall–Kier alpha value is -1.27. The number of amides is 1. The van der Waals surface area contributed by atoms with Crippen LogP contribution in [-0.2, 0) is 12.8 Å². The van der Waals surface area contributed by atoms with E-state index in [9.17, 15) is 4.79 Å². The van der Waals surface area contributed by atoms with Gasteiger partial charge in [0.05, 0.1) is 5.69 Å². The van der Waals surface area contributed by atoms with E-state index in [4.69, 9.17) is 10.7 Å². The molecule has 4 rings (SSSR count). The molecule has 0 bridgehead atoms. The van der Waals surface area contributed by atoms with Crippen molar-refractivity contribution in [1.82, 2.24) is 10.3 Å². The quantitative estimate of drug-likeness (QED) is 0.893. The number of nitrogens with one attached hydrogen (secondary N) is 1. The first-order chi connectivity index (χ1) is 10.2. The van der Waals surface area contributed by atoms with Crippen LogP contribution in [0.4, 0.5) is 5.69 Å². The van der Waals surface area contributed by atoms with Crippen molar-refractivity contribution in [3.05, 3.63) is 22.2 Å². The number of fused-ring (bicyclic) bond motifs is 2. The van der Waals surface area contributed by atoms with Crippen molar-refractivity contribution in [2.45, 2.75) is 31.7 Å². The Bertz CT molecular complexity index is 719. The number of hydrogen-bond donors (Lipinski definition) is 2. The first kappa shape index (κ1) is 13.4. The van der Waals surface area contributed by atoms with E-state index in [-0.39, 0.29) is 11.9 Å².